The lowest BCUT2D eigenvalue weighted by atomic mass is 10.1. The number of morpholine rings is 1. The first kappa shape index (κ1) is 24.0. The first-order valence-electron chi connectivity index (χ1n) is 11.0. The van der Waals surface area contributed by atoms with Crippen molar-refractivity contribution in [2.24, 2.45) is 0 Å². The predicted molar refractivity (Wildman–Crippen MR) is 122 cm³/mol. The number of carbonyl (C=O) groups excluding carboxylic acids is 2. The number of hydrogen-bond donors (Lipinski definition) is 1. The van der Waals surface area contributed by atoms with Crippen molar-refractivity contribution < 1.29 is 32.6 Å². The molecule has 0 bridgehead atoms. The Morgan fingerprint density at radius 3 is 2.15 bits per heavy atom. The van der Waals surface area contributed by atoms with Gasteiger partial charge in [0.2, 0.25) is 10.0 Å². The molecule has 2 aromatic rings. The zero-order valence-corrected chi connectivity index (χ0v) is 19.7. The molecule has 0 unspecified atom stereocenters. The van der Waals surface area contributed by atoms with E-state index in [-0.39, 0.29) is 65.5 Å². The largest absolute Gasteiger partial charge is 0.507 e. The Kier molecular flexibility index (Phi) is 7.05. The van der Waals surface area contributed by atoms with Gasteiger partial charge in [0.1, 0.15) is 16.4 Å². The summed E-state index contributed by atoms with van der Waals surface area (Å²) in [6.45, 7) is 2.26. The van der Waals surface area contributed by atoms with Gasteiger partial charge in [0, 0.05) is 44.8 Å². The average Bonchev–Trinajstić information content (AvgIpc) is 2.88. The monoisotopic (exact) mass is 489 g/mol. The molecular formula is C23H27N3O7S. The molecule has 0 aromatic heterocycles. The summed E-state index contributed by atoms with van der Waals surface area (Å²) in [4.78, 5) is 29.0. The number of hydrogen-bond acceptors (Lipinski definition) is 7. The first-order chi connectivity index (χ1) is 16.3. The summed E-state index contributed by atoms with van der Waals surface area (Å²) >= 11 is 0. The summed E-state index contributed by atoms with van der Waals surface area (Å²) in [7, 11) is -2.48. The van der Waals surface area contributed by atoms with Crippen LogP contribution in [0.25, 0.3) is 0 Å². The number of nitrogens with zero attached hydrogens (tertiary/aromatic N) is 3. The van der Waals surface area contributed by atoms with Crippen LogP contribution in [0.4, 0.5) is 0 Å². The quantitative estimate of drug-likeness (QED) is 0.667. The second-order valence-electron chi connectivity index (χ2n) is 7.98. The maximum atomic E-state index is 13.2. The normalized spacial score (nSPS) is 17.4. The third kappa shape index (κ3) is 4.72. The fourth-order valence-electron chi connectivity index (χ4n) is 4.06. The van der Waals surface area contributed by atoms with E-state index in [1.54, 1.807) is 34.1 Å². The molecule has 0 saturated carbocycles. The molecule has 2 saturated heterocycles. The molecule has 34 heavy (non-hydrogen) atoms. The fourth-order valence-corrected chi connectivity index (χ4v) is 5.65. The van der Waals surface area contributed by atoms with Crippen molar-refractivity contribution in [1.29, 1.82) is 0 Å². The second kappa shape index (κ2) is 10.00. The number of benzene rings is 2. The van der Waals surface area contributed by atoms with Crippen LogP contribution in [-0.4, -0.2) is 99.0 Å². The van der Waals surface area contributed by atoms with Crippen molar-refractivity contribution in [1.82, 2.24) is 14.1 Å². The van der Waals surface area contributed by atoms with Gasteiger partial charge in [0.05, 0.1) is 25.9 Å². The van der Waals surface area contributed by atoms with E-state index in [1.807, 2.05) is 0 Å². The second-order valence-corrected chi connectivity index (χ2v) is 9.89. The molecule has 2 aliphatic heterocycles. The van der Waals surface area contributed by atoms with Gasteiger partial charge >= 0.3 is 0 Å². The standard InChI is InChI=1S/C23H27N3O7S/c1-32-20-7-6-17(16-21(20)34(30,31)26-12-14-33-15-13-26)22(28)24-8-10-25(11-9-24)23(29)18-4-2-3-5-19(18)27/h2-7,16,27H,8-15H2,1H3. The lowest BCUT2D eigenvalue weighted by molar-refractivity contribution is 0.0533. The summed E-state index contributed by atoms with van der Waals surface area (Å²) in [5.41, 5.74) is 0.448. The number of phenols is 1. The fraction of sp³-hybridized carbons (Fsp3) is 0.391. The number of rotatable bonds is 5. The molecule has 0 atom stereocenters. The number of para-hydroxylation sites is 1. The summed E-state index contributed by atoms with van der Waals surface area (Å²) in [6, 6.07) is 10.7. The van der Waals surface area contributed by atoms with Crippen molar-refractivity contribution in [3.05, 3.63) is 53.6 Å². The Morgan fingerprint density at radius 2 is 1.53 bits per heavy atom. The Hall–Kier alpha value is -3.15. The van der Waals surface area contributed by atoms with Crippen LogP contribution in [0.5, 0.6) is 11.5 Å². The topological polar surface area (TPSA) is 117 Å². The molecular weight excluding hydrogens is 462 g/mol. The van der Waals surface area contributed by atoms with Crippen molar-refractivity contribution in [2.45, 2.75) is 4.90 Å². The molecule has 0 aliphatic carbocycles. The zero-order chi connectivity index (χ0) is 24.3. The van der Waals surface area contributed by atoms with Crippen LogP contribution >= 0.6 is 0 Å². The Morgan fingerprint density at radius 1 is 0.912 bits per heavy atom. The molecule has 2 amide bonds. The third-order valence-electron chi connectivity index (χ3n) is 5.99. The molecule has 2 fully saturated rings. The highest BCUT2D eigenvalue weighted by Crippen LogP contribution is 2.29. The van der Waals surface area contributed by atoms with Crippen molar-refractivity contribution in [2.75, 3.05) is 59.6 Å². The Balaban J connectivity index is 1.49. The van der Waals surface area contributed by atoms with E-state index in [2.05, 4.69) is 0 Å². The third-order valence-corrected chi connectivity index (χ3v) is 7.91. The van der Waals surface area contributed by atoms with Gasteiger partial charge in [-0.25, -0.2) is 8.42 Å². The van der Waals surface area contributed by atoms with Crippen molar-refractivity contribution in [3.8, 4) is 11.5 Å². The minimum atomic E-state index is -3.87. The van der Waals surface area contributed by atoms with Crippen LogP contribution in [0, 0.1) is 0 Å². The molecule has 2 aromatic carbocycles. The van der Waals surface area contributed by atoms with E-state index < -0.39 is 10.0 Å². The lowest BCUT2D eigenvalue weighted by Crippen LogP contribution is -2.50. The van der Waals surface area contributed by atoms with Gasteiger partial charge in [0.15, 0.2) is 0 Å². The van der Waals surface area contributed by atoms with Crippen LogP contribution in [0.3, 0.4) is 0 Å². The molecule has 1 N–H and O–H groups in total. The van der Waals surface area contributed by atoms with Gasteiger partial charge in [-0.05, 0) is 30.3 Å². The van der Waals surface area contributed by atoms with E-state index in [0.717, 1.165) is 0 Å². The number of ether oxygens (including phenoxy) is 2. The van der Waals surface area contributed by atoms with Gasteiger partial charge in [0.25, 0.3) is 11.8 Å². The van der Waals surface area contributed by atoms with Crippen LogP contribution in [0.2, 0.25) is 0 Å². The summed E-state index contributed by atoms with van der Waals surface area (Å²) in [5, 5.41) is 9.95. The van der Waals surface area contributed by atoms with E-state index in [9.17, 15) is 23.1 Å². The highest BCUT2D eigenvalue weighted by atomic mass is 32.2. The van der Waals surface area contributed by atoms with Crippen LogP contribution in [0.15, 0.2) is 47.4 Å². The molecule has 2 aliphatic rings. The smallest absolute Gasteiger partial charge is 0.257 e. The number of phenolic OH excluding ortho intramolecular Hbond substituents is 1. The van der Waals surface area contributed by atoms with Gasteiger partial charge in [-0.2, -0.15) is 4.31 Å². The number of piperazine rings is 1. The minimum Gasteiger partial charge on any atom is -0.507 e. The van der Waals surface area contributed by atoms with E-state index >= 15 is 0 Å². The zero-order valence-electron chi connectivity index (χ0n) is 18.8. The summed E-state index contributed by atoms with van der Waals surface area (Å²) < 4.78 is 38.2. The molecule has 0 spiro atoms. The molecule has 182 valence electrons. The molecule has 4 rings (SSSR count). The predicted octanol–water partition coefficient (Wildman–Crippen LogP) is 1.02. The van der Waals surface area contributed by atoms with Crippen LogP contribution in [-0.2, 0) is 14.8 Å². The summed E-state index contributed by atoms with van der Waals surface area (Å²) in [6.07, 6.45) is 0. The number of amides is 2. The highest BCUT2D eigenvalue weighted by Gasteiger charge is 2.32. The van der Waals surface area contributed by atoms with Gasteiger partial charge in [-0.1, -0.05) is 12.1 Å². The van der Waals surface area contributed by atoms with Crippen molar-refractivity contribution in [3.63, 3.8) is 0 Å². The lowest BCUT2D eigenvalue weighted by Gasteiger charge is -2.35. The summed E-state index contributed by atoms with van der Waals surface area (Å²) in [5.74, 6) is -0.538. The molecule has 0 radical (unpaired) electrons. The van der Waals surface area contributed by atoms with Gasteiger partial charge in [-0.3, -0.25) is 9.59 Å². The van der Waals surface area contributed by atoms with Crippen LogP contribution < -0.4 is 4.74 Å². The molecule has 11 heteroatoms. The SMILES string of the molecule is COc1ccc(C(=O)N2CCN(C(=O)c3ccccc3O)CC2)cc1S(=O)(=O)N1CCOCC1. The number of sulfonamides is 1. The molecule has 10 nitrogen and oxygen atoms in total. The van der Waals surface area contributed by atoms with Gasteiger partial charge in [-0.15, -0.1) is 0 Å². The Labute approximate surface area is 198 Å². The highest BCUT2D eigenvalue weighted by molar-refractivity contribution is 7.89. The van der Waals surface area contributed by atoms with Crippen molar-refractivity contribution >= 4 is 21.8 Å². The van der Waals surface area contributed by atoms with Gasteiger partial charge < -0.3 is 24.4 Å². The average molecular weight is 490 g/mol. The number of aromatic hydroxyl groups is 1. The number of methoxy groups -OCH3 is 1. The maximum absolute atomic E-state index is 13.2. The maximum Gasteiger partial charge on any atom is 0.257 e. The van der Waals surface area contributed by atoms with Crippen LogP contribution in [0.1, 0.15) is 20.7 Å². The number of carbonyl (C=O) groups is 2. The Bertz CT molecular complexity index is 1170. The van der Waals surface area contributed by atoms with E-state index in [4.69, 9.17) is 9.47 Å². The first-order valence-corrected chi connectivity index (χ1v) is 12.4. The van der Waals surface area contributed by atoms with E-state index in [0.29, 0.717) is 26.3 Å². The van der Waals surface area contributed by atoms with E-state index in [1.165, 1.54) is 29.6 Å². The molecule has 2 heterocycles. The minimum absolute atomic E-state index is 0.0592.